The third kappa shape index (κ3) is 5.70. The molecule has 0 amide bonds. The Hall–Kier alpha value is -2.92. The summed E-state index contributed by atoms with van der Waals surface area (Å²) in [6.45, 7) is 9.26. The van der Waals surface area contributed by atoms with E-state index in [1.807, 2.05) is 13.0 Å². The van der Waals surface area contributed by atoms with E-state index in [2.05, 4.69) is 38.6 Å². The lowest BCUT2D eigenvalue weighted by atomic mass is 10.0. The van der Waals surface area contributed by atoms with E-state index in [1.165, 1.54) is 0 Å². The topological polar surface area (TPSA) is 102 Å². The predicted octanol–water partition coefficient (Wildman–Crippen LogP) is 3.66. The van der Waals surface area contributed by atoms with Crippen molar-refractivity contribution in [2.45, 2.75) is 70.9 Å². The van der Waals surface area contributed by atoms with Crippen molar-refractivity contribution in [1.29, 1.82) is 0 Å². The molecule has 0 saturated carbocycles. The van der Waals surface area contributed by atoms with Gasteiger partial charge in [-0.15, -0.1) is 0 Å². The van der Waals surface area contributed by atoms with Crippen molar-refractivity contribution in [2.24, 2.45) is 0 Å². The zero-order chi connectivity index (χ0) is 27.7. The van der Waals surface area contributed by atoms with Crippen LogP contribution in [0.5, 0.6) is 0 Å². The number of nitrogens with zero attached hydrogens (tertiary/aromatic N) is 4. The first-order chi connectivity index (χ1) is 18.8. The lowest BCUT2D eigenvalue weighted by Crippen LogP contribution is -2.42. The van der Waals surface area contributed by atoms with E-state index in [4.69, 9.17) is 9.47 Å². The van der Waals surface area contributed by atoms with Crippen LogP contribution in [0.1, 0.15) is 50.4 Å². The Morgan fingerprint density at radius 3 is 2.87 bits per heavy atom. The Kier molecular flexibility index (Phi) is 8.27. The van der Waals surface area contributed by atoms with Crippen molar-refractivity contribution in [1.82, 2.24) is 19.4 Å². The number of halogens is 1. The van der Waals surface area contributed by atoms with Crippen LogP contribution in [-0.2, 0) is 16.0 Å². The molecule has 3 aromatic rings. The molecule has 0 bridgehead atoms. The maximum atomic E-state index is 15.1. The summed E-state index contributed by atoms with van der Waals surface area (Å²) in [5, 5.41) is 14.0. The van der Waals surface area contributed by atoms with Crippen LogP contribution in [0.2, 0.25) is 0 Å². The van der Waals surface area contributed by atoms with Crippen LogP contribution in [0.3, 0.4) is 0 Å². The second-order valence-electron chi connectivity index (χ2n) is 10.9. The van der Waals surface area contributed by atoms with Gasteiger partial charge in [0.1, 0.15) is 5.69 Å². The van der Waals surface area contributed by atoms with Crippen molar-refractivity contribution in [3.8, 4) is 11.3 Å². The highest BCUT2D eigenvalue weighted by molar-refractivity contribution is 5.85. The van der Waals surface area contributed by atoms with Crippen molar-refractivity contribution < 1.29 is 19.0 Å². The highest BCUT2D eigenvalue weighted by Gasteiger charge is 2.26. The Morgan fingerprint density at radius 2 is 2.13 bits per heavy atom. The van der Waals surface area contributed by atoms with Crippen molar-refractivity contribution in [3.63, 3.8) is 0 Å². The molecule has 1 aromatic carbocycles. The number of methoxy groups -OCH3 is 1. The monoisotopic (exact) mass is 539 g/mol. The minimum atomic E-state index is -0.697. The Bertz CT molecular complexity index is 1390. The number of aliphatic hydroxyl groups is 1. The molecule has 2 fully saturated rings. The van der Waals surface area contributed by atoms with Gasteiger partial charge in [0.2, 0.25) is 5.95 Å². The van der Waals surface area contributed by atoms with Crippen molar-refractivity contribution in [3.05, 3.63) is 51.7 Å². The van der Waals surface area contributed by atoms with E-state index in [1.54, 1.807) is 19.2 Å². The third-order valence-electron chi connectivity index (χ3n) is 7.91. The minimum absolute atomic E-state index is 0.0113. The number of anilines is 1. The van der Waals surface area contributed by atoms with Crippen LogP contribution >= 0.6 is 0 Å². The average molecular weight is 540 g/mol. The molecular formula is C29H38FN5O4. The number of aliphatic hydroxyl groups excluding tert-OH is 1. The predicted molar refractivity (Wildman–Crippen MR) is 148 cm³/mol. The summed E-state index contributed by atoms with van der Waals surface area (Å²) >= 11 is 0. The summed E-state index contributed by atoms with van der Waals surface area (Å²) in [6, 6.07) is 5.15. The largest absolute Gasteiger partial charge is 0.389 e. The second-order valence-corrected chi connectivity index (χ2v) is 10.9. The van der Waals surface area contributed by atoms with Gasteiger partial charge in [0, 0.05) is 55.1 Å². The van der Waals surface area contributed by atoms with Crippen molar-refractivity contribution >= 4 is 16.9 Å². The first kappa shape index (κ1) is 27.6. The van der Waals surface area contributed by atoms with Crippen LogP contribution < -0.4 is 10.7 Å². The van der Waals surface area contributed by atoms with Gasteiger partial charge in [0.05, 0.1) is 36.6 Å². The van der Waals surface area contributed by atoms with E-state index in [0.717, 1.165) is 48.9 Å². The van der Waals surface area contributed by atoms with E-state index < -0.39 is 11.9 Å². The fourth-order valence-corrected chi connectivity index (χ4v) is 5.77. The fourth-order valence-electron chi connectivity index (χ4n) is 5.77. The quantitative estimate of drug-likeness (QED) is 0.469. The smallest absolute Gasteiger partial charge is 0.223 e. The number of piperidine rings is 1. The number of benzene rings is 1. The number of hydrogen-bond donors (Lipinski definition) is 2. The molecule has 4 heterocycles. The Morgan fingerprint density at radius 1 is 1.31 bits per heavy atom. The molecule has 39 heavy (non-hydrogen) atoms. The van der Waals surface area contributed by atoms with Gasteiger partial charge in [-0.1, -0.05) is 6.07 Å². The number of hydrogen-bond acceptors (Lipinski definition) is 8. The van der Waals surface area contributed by atoms with Gasteiger partial charge in [0.15, 0.2) is 11.2 Å². The van der Waals surface area contributed by atoms with Gasteiger partial charge in [-0.05, 0) is 58.7 Å². The van der Waals surface area contributed by atoms with Gasteiger partial charge in [-0.2, -0.15) is 0 Å². The lowest BCUT2D eigenvalue weighted by molar-refractivity contribution is -0.0136. The number of rotatable bonds is 7. The molecule has 2 saturated heterocycles. The number of ether oxygens (including phenoxy) is 2. The third-order valence-corrected chi connectivity index (χ3v) is 7.91. The zero-order valence-corrected chi connectivity index (χ0v) is 23.1. The first-order valence-corrected chi connectivity index (χ1v) is 13.7. The highest BCUT2D eigenvalue weighted by Crippen LogP contribution is 2.29. The number of pyridine rings is 1. The molecule has 0 radical (unpaired) electrons. The van der Waals surface area contributed by atoms with Crippen LogP contribution in [0.4, 0.5) is 10.3 Å². The maximum Gasteiger partial charge on any atom is 0.223 e. The van der Waals surface area contributed by atoms with E-state index in [9.17, 15) is 9.90 Å². The van der Waals surface area contributed by atoms with E-state index in [0.29, 0.717) is 30.5 Å². The number of aromatic nitrogens is 3. The fraction of sp³-hybridized carbons (Fsp3) is 0.552. The molecule has 210 valence electrons. The molecule has 0 unspecified atom stereocenters. The van der Waals surface area contributed by atoms with Gasteiger partial charge < -0.3 is 24.5 Å². The summed E-state index contributed by atoms with van der Waals surface area (Å²) in [5.41, 5.74) is 3.14. The molecule has 3 atom stereocenters. The summed E-state index contributed by atoms with van der Waals surface area (Å²) in [6.07, 6.45) is 3.32. The zero-order valence-electron chi connectivity index (χ0n) is 23.1. The lowest BCUT2D eigenvalue weighted by Gasteiger charge is -2.33. The Balaban J connectivity index is 1.56. The molecule has 2 aromatic heterocycles. The van der Waals surface area contributed by atoms with Gasteiger partial charge >= 0.3 is 0 Å². The summed E-state index contributed by atoms with van der Waals surface area (Å²) < 4.78 is 28.2. The SMILES string of the molecule is CO[C@@H]1CCCN(Cc2c(C)c(=O)c3ccc(-c4nc(N[C@@H]5CCOC[C@H]5O)ncc4F)cc3n2C(C)C)C1. The summed E-state index contributed by atoms with van der Waals surface area (Å²) in [7, 11) is 1.75. The molecule has 0 aliphatic carbocycles. The molecular weight excluding hydrogens is 501 g/mol. The highest BCUT2D eigenvalue weighted by atomic mass is 19.1. The molecule has 5 rings (SSSR count). The number of nitrogens with one attached hydrogen (secondary N) is 1. The minimum Gasteiger partial charge on any atom is -0.389 e. The van der Waals surface area contributed by atoms with E-state index in [-0.39, 0.29) is 41.9 Å². The van der Waals surface area contributed by atoms with Crippen LogP contribution in [-0.4, -0.2) is 76.2 Å². The molecule has 10 heteroatoms. The van der Waals surface area contributed by atoms with Crippen LogP contribution in [0.25, 0.3) is 22.2 Å². The van der Waals surface area contributed by atoms with Gasteiger partial charge in [-0.25, -0.2) is 14.4 Å². The molecule has 2 aliphatic heterocycles. The van der Waals surface area contributed by atoms with Crippen LogP contribution in [0.15, 0.2) is 29.2 Å². The second kappa shape index (κ2) is 11.7. The maximum absolute atomic E-state index is 15.1. The first-order valence-electron chi connectivity index (χ1n) is 13.7. The molecule has 2 aliphatic rings. The number of likely N-dealkylation sites (tertiary alicyclic amines) is 1. The molecule has 9 nitrogen and oxygen atoms in total. The number of fused-ring (bicyclic) bond motifs is 1. The summed E-state index contributed by atoms with van der Waals surface area (Å²) in [4.78, 5) is 24.4. The van der Waals surface area contributed by atoms with Crippen molar-refractivity contribution in [2.75, 3.05) is 38.7 Å². The van der Waals surface area contributed by atoms with Crippen LogP contribution in [0, 0.1) is 12.7 Å². The molecule has 0 spiro atoms. The van der Waals surface area contributed by atoms with Gasteiger partial charge in [0.25, 0.3) is 0 Å². The molecule has 2 N–H and O–H groups in total. The standard InChI is InChI=1S/C29H38FN5O4/c1-17(2)35-24-12-19(27-22(30)13-31-29(33-27)32-23-9-11-39-16-26(23)36)7-8-21(24)28(37)18(3)25(35)15-34-10-5-6-20(14-34)38-4/h7-8,12-13,17,20,23,26,36H,5-6,9-11,14-16H2,1-4H3,(H,31,32,33)/t20-,23-,26-/m1/s1. The average Bonchev–Trinajstić information content (AvgIpc) is 2.93. The van der Waals surface area contributed by atoms with Gasteiger partial charge in [-0.3, -0.25) is 9.69 Å². The van der Waals surface area contributed by atoms with E-state index >= 15 is 4.39 Å². The Labute approximate surface area is 228 Å². The summed E-state index contributed by atoms with van der Waals surface area (Å²) in [5.74, 6) is -0.321. The normalized spacial score (nSPS) is 22.5.